The van der Waals surface area contributed by atoms with E-state index in [1.165, 1.54) is 6.07 Å². The molecule has 3 nitrogen and oxygen atoms in total. The number of aliphatic hydroxyl groups excluding tert-OH is 1. The number of benzene rings is 1. The van der Waals surface area contributed by atoms with Crippen LogP contribution in [0.5, 0.6) is 0 Å². The van der Waals surface area contributed by atoms with Crippen LogP contribution in [0.25, 0.3) is 0 Å². The Kier molecular flexibility index (Phi) is 3.88. The summed E-state index contributed by atoms with van der Waals surface area (Å²) in [5.74, 6) is -0.267. The lowest BCUT2D eigenvalue weighted by Gasteiger charge is -2.24. The molecule has 2 unspecified atom stereocenters. The number of anilines is 1. The molecular formula is C14H20FNO2. The standard InChI is InChI=1S/C14H20FNO2/c1-9-6-14(12(10(2)17)7-13(9)15)16-5-4-11(8-16)18-3/h6-7,10-11,17H,4-5,8H2,1-3H3. The van der Waals surface area contributed by atoms with Gasteiger partial charge in [-0.25, -0.2) is 4.39 Å². The van der Waals surface area contributed by atoms with Crippen molar-refractivity contribution in [2.24, 2.45) is 0 Å². The maximum atomic E-state index is 13.6. The number of methoxy groups -OCH3 is 1. The molecule has 0 saturated carbocycles. The monoisotopic (exact) mass is 253 g/mol. The van der Waals surface area contributed by atoms with Crippen LogP contribution in [0.1, 0.15) is 30.6 Å². The number of halogens is 1. The van der Waals surface area contributed by atoms with Crippen LogP contribution in [-0.2, 0) is 4.74 Å². The van der Waals surface area contributed by atoms with Gasteiger partial charge in [0, 0.05) is 31.5 Å². The third kappa shape index (κ3) is 2.49. The maximum absolute atomic E-state index is 13.6. The third-order valence-electron chi connectivity index (χ3n) is 3.58. The second-order valence-corrected chi connectivity index (χ2v) is 4.93. The average Bonchev–Trinajstić information content (AvgIpc) is 2.80. The maximum Gasteiger partial charge on any atom is 0.126 e. The molecule has 1 aromatic rings. The minimum absolute atomic E-state index is 0.220. The van der Waals surface area contributed by atoms with Gasteiger partial charge >= 0.3 is 0 Å². The second kappa shape index (κ2) is 5.24. The smallest absolute Gasteiger partial charge is 0.126 e. The first-order valence-corrected chi connectivity index (χ1v) is 6.28. The summed E-state index contributed by atoms with van der Waals surface area (Å²) in [6, 6.07) is 3.25. The zero-order chi connectivity index (χ0) is 13.3. The van der Waals surface area contributed by atoms with Crippen molar-refractivity contribution in [1.82, 2.24) is 0 Å². The van der Waals surface area contributed by atoms with Crippen molar-refractivity contribution >= 4 is 5.69 Å². The normalized spacial score (nSPS) is 21.4. The minimum Gasteiger partial charge on any atom is -0.389 e. The van der Waals surface area contributed by atoms with Crippen molar-refractivity contribution < 1.29 is 14.2 Å². The van der Waals surface area contributed by atoms with Gasteiger partial charge in [0.15, 0.2) is 0 Å². The fourth-order valence-corrected chi connectivity index (χ4v) is 2.43. The highest BCUT2D eigenvalue weighted by molar-refractivity contribution is 5.57. The zero-order valence-electron chi connectivity index (χ0n) is 11.1. The van der Waals surface area contributed by atoms with Gasteiger partial charge in [0.05, 0.1) is 12.2 Å². The Balaban J connectivity index is 2.34. The Hall–Kier alpha value is -1.13. The number of rotatable bonds is 3. The average molecular weight is 253 g/mol. The lowest BCUT2D eigenvalue weighted by atomic mass is 10.0. The molecule has 1 heterocycles. The van der Waals surface area contributed by atoms with Gasteiger partial charge in [-0.2, -0.15) is 0 Å². The van der Waals surface area contributed by atoms with Gasteiger partial charge in [0.25, 0.3) is 0 Å². The van der Waals surface area contributed by atoms with Gasteiger partial charge in [0.1, 0.15) is 5.82 Å². The number of ether oxygens (including phenoxy) is 1. The molecule has 100 valence electrons. The number of aryl methyl sites for hydroxylation is 1. The van der Waals surface area contributed by atoms with Crippen LogP contribution in [0.15, 0.2) is 12.1 Å². The number of hydrogen-bond donors (Lipinski definition) is 1. The number of nitrogens with zero attached hydrogens (tertiary/aromatic N) is 1. The summed E-state index contributed by atoms with van der Waals surface area (Å²) in [5.41, 5.74) is 2.17. The van der Waals surface area contributed by atoms with Crippen LogP contribution in [0.4, 0.5) is 10.1 Å². The van der Waals surface area contributed by atoms with Crippen LogP contribution in [0, 0.1) is 12.7 Å². The lowest BCUT2D eigenvalue weighted by Crippen LogP contribution is -2.24. The molecule has 1 saturated heterocycles. The topological polar surface area (TPSA) is 32.7 Å². The highest BCUT2D eigenvalue weighted by atomic mass is 19.1. The van der Waals surface area contributed by atoms with Gasteiger partial charge in [-0.1, -0.05) is 0 Å². The van der Waals surface area contributed by atoms with Crippen molar-refractivity contribution in [1.29, 1.82) is 0 Å². The second-order valence-electron chi connectivity index (χ2n) is 4.93. The molecule has 1 fully saturated rings. The third-order valence-corrected chi connectivity index (χ3v) is 3.58. The number of aliphatic hydroxyl groups is 1. The Morgan fingerprint density at radius 2 is 2.22 bits per heavy atom. The van der Waals surface area contributed by atoms with E-state index < -0.39 is 6.10 Å². The van der Waals surface area contributed by atoms with Crippen molar-refractivity contribution in [3.8, 4) is 0 Å². The summed E-state index contributed by atoms with van der Waals surface area (Å²) in [6.45, 7) is 5.08. The summed E-state index contributed by atoms with van der Waals surface area (Å²) in [4.78, 5) is 2.16. The molecule has 2 rings (SSSR count). The molecular weight excluding hydrogens is 233 g/mol. The first-order chi connectivity index (χ1) is 8.52. The fourth-order valence-electron chi connectivity index (χ4n) is 2.43. The highest BCUT2D eigenvalue weighted by Gasteiger charge is 2.25. The molecule has 1 N–H and O–H groups in total. The zero-order valence-corrected chi connectivity index (χ0v) is 11.1. The highest BCUT2D eigenvalue weighted by Crippen LogP contribution is 2.31. The first kappa shape index (κ1) is 13.3. The van der Waals surface area contributed by atoms with Gasteiger partial charge in [0.2, 0.25) is 0 Å². The molecule has 0 aliphatic carbocycles. The predicted octanol–water partition coefficient (Wildman–Crippen LogP) is 2.41. The van der Waals surface area contributed by atoms with E-state index in [0.717, 1.165) is 25.2 Å². The van der Waals surface area contributed by atoms with Gasteiger partial charge in [-0.3, -0.25) is 0 Å². The van der Waals surface area contributed by atoms with Crippen LogP contribution in [-0.4, -0.2) is 31.4 Å². The summed E-state index contributed by atoms with van der Waals surface area (Å²) >= 11 is 0. The van der Waals surface area contributed by atoms with Crippen LogP contribution in [0.3, 0.4) is 0 Å². The van der Waals surface area contributed by atoms with E-state index in [2.05, 4.69) is 4.90 Å². The van der Waals surface area contributed by atoms with E-state index in [-0.39, 0.29) is 11.9 Å². The van der Waals surface area contributed by atoms with E-state index in [4.69, 9.17) is 4.74 Å². The molecule has 0 aromatic heterocycles. The Labute approximate surface area is 107 Å². The van der Waals surface area contributed by atoms with Crippen LogP contribution >= 0.6 is 0 Å². The van der Waals surface area contributed by atoms with Crippen LogP contribution < -0.4 is 4.90 Å². The van der Waals surface area contributed by atoms with Gasteiger partial charge < -0.3 is 14.7 Å². The summed E-state index contributed by atoms with van der Waals surface area (Å²) in [5, 5.41) is 9.78. The fraction of sp³-hybridized carbons (Fsp3) is 0.571. The molecule has 2 atom stereocenters. The van der Waals surface area contributed by atoms with E-state index in [9.17, 15) is 9.50 Å². The van der Waals surface area contributed by atoms with Crippen molar-refractivity contribution in [2.75, 3.05) is 25.1 Å². The van der Waals surface area contributed by atoms with Gasteiger partial charge in [-0.15, -0.1) is 0 Å². The predicted molar refractivity (Wildman–Crippen MR) is 69.4 cm³/mol. The van der Waals surface area contributed by atoms with Crippen molar-refractivity contribution in [2.45, 2.75) is 32.5 Å². The minimum atomic E-state index is -0.670. The molecule has 1 aliphatic heterocycles. The summed E-state index contributed by atoms with van der Waals surface area (Å²) < 4.78 is 18.9. The van der Waals surface area contributed by atoms with E-state index >= 15 is 0 Å². The quantitative estimate of drug-likeness (QED) is 0.898. The molecule has 0 spiro atoms. The molecule has 1 aromatic carbocycles. The van der Waals surface area contributed by atoms with E-state index in [1.807, 2.05) is 6.07 Å². The Morgan fingerprint density at radius 1 is 1.50 bits per heavy atom. The molecule has 0 bridgehead atoms. The molecule has 0 radical (unpaired) electrons. The van der Waals surface area contributed by atoms with Crippen molar-refractivity contribution in [3.05, 3.63) is 29.1 Å². The summed E-state index contributed by atoms with van der Waals surface area (Å²) in [7, 11) is 1.71. The SMILES string of the molecule is COC1CCN(c2cc(C)c(F)cc2C(C)O)C1. The van der Waals surface area contributed by atoms with Crippen LogP contribution in [0.2, 0.25) is 0 Å². The van der Waals surface area contributed by atoms with E-state index in [1.54, 1.807) is 21.0 Å². The molecule has 0 amide bonds. The van der Waals surface area contributed by atoms with E-state index in [0.29, 0.717) is 11.1 Å². The first-order valence-electron chi connectivity index (χ1n) is 6.28. The Morgan fingerprint density at radius 3 is 2.78 bits per heavy atom. The largest absolute Gasteiger partial charge is 0.389 e. The summed E-state index contributed by atoms with van der Waals surface area (Å²) in [6.07, 6.45) is 0.514. The van der Waals surface area contributed by atoms with Crippen molar-refractivity contribution in [3.63, 3.8) is 0 Å². The molecule has 18 heavy (non-hydrogen) atoms. The lowest BCUT2D eigenvalue weighted by molar-refractivity contribution is 0.121. The Bertz CT molecular complexity index is 434. The molecule has 4 heteroatoms. The van der Waals surface area contributed by atoms with Gasteiger partial charge in [-0.05, 0) is 38.0 Å². The number of hydrogen-bond acceptors (Lipinski definition) is 3. The molecule has 1 aliphatic rings.